The maximum atomic E-state index is 11.9. The zero-order valence-corrected chi connectivity index (χ0v) is 14.2. The SMILES string of the molecule is CC(C)CC(C)(CN)NS(=O)(=O)CCOC(C)C.Cl. The van der Waals surface area contributed by atoms with Crippen LogP contribution < -0.4 is 10.5 Å². The Bertz CT molecular complexity index is 334. The first-order valence-corrected chi connectivity index (χ1v) is 8.09. The molecule has 7 heteroatoms. The Hall–Kier alpha value is 0.120. The quantitative estimate of drug-likeness (QED) is 0.675. The Balaban J connectivity index is 0. The van der Waals surface area contributed by atoms with Gasteiger partial charge in [-0.3, -0.25) is 0 Å². The number of nitrogens with one attached hydrogen (secondary N) is 1. The van der Waals surface area contributed by atoms with Gasteiger partial charge in [0.05, 0.1) is 18.5 Å². The van der Waals surface area contributed by atoms with Crippen LogP contribution in [0, 0.1) is 5.92 Å². The molecule has 1 atom stereocenters. The van der Waals surface area contributed by atoms with E-state index in [1.54, 1.807) is 0 Å². The molecule has 0 spiro atoms. The molecule has 0 amide bonds. The lowest BCUT2D eigenvalue weighted by Gasteiger charge is -2.30. The van der Waals surface area contributed by atoms with Crippen molar-refractivity contribution in [3.8, 4) is 0 Å². The van der Waals surface area contributed by atoms with Crippen molar-refractivity contribution < 1.29 is 13.2 Å². The highest BCUT2D eigenvalue weighted by Crippen LogP contribution is 2.16. The number of halogens is 1. The van der Waals surface area contributed by atoms with Crippen molar-refractivity contribution in [3.05, 3.63) is 0 Å². The second-order valence-corrected chi connectivity index (χ2v) is 7.55. The predicted molar refractivity (Wildman–Crippen MR) is 82.2 cm³/mol. The number of hydrogen-bond acceptors (Lipinski definition) is 4. The van der Waals surface area contributed by atoms with E-state index in [4.69, 9.17) is 10.5 Å². The molecule has 3 N–H and O–H groups in total. The minimum Gasteiger partial charge on any atom is -0.378 e. The number of hydrogen-bond donors (Lipinski definition) is 2. The summed E-state index contributed by atoms with van der Waals surface area (Å²) in [5.41, 5.74) is 5.10. The molecule has 0 saturated heterocycles. The summed E-state index contributed by atoms with van der Waals surface area (Å²) >= 11 is 0. The smallest absolute Gasteiger partial charge is 0.214 e. The fourth-order valence-electron chi connectivity index (χ4n) is 1.89. The fraction of sp³-hybridized carbons (Fsp3) is 1.00. The summed E-state index contributed by atoms with van der Waals surface area (Å²) in [4.78, 5) is 0. The van der Waals surface area contributed by atoms with Gasteiger partial charge in [0.15, 0.2) is 0 Å². The molecule has 19 heavy (non-hydrogen) atoms. The summed E-state index contributed by atoms with van der Waals surface area (Å²) in [6.45, 7) is 10.2. The molecule has 0 saturated carbocycles. The van der Waals surface area contributed by atoms with Crippen LogP contribution in [0.1, 0.15) is 41.0 Å². The van der Waals surface area contributed by atoms with Crippen molar-refractivity contribution in [1.82, 2.24) is 4.72 Å². The van der Waals surface area contributed by atoms with Gasteiger partial charge in [0, 0.05) is 12.1 Å². The Labute approximate surface area is 124 Å². The maximum Gasteiger partial charge on any atom is 0.214 e. The van der Waals surface area contributed by atoms with Gasteiger partial charge in [0.2, 0.25) is 10.0 Å². The van der Waals surface area contributed by atoms with E-state index in [2.05, 4.69) is 4.72 Å². The summed E-state index contributed by atoms with van der Waals surface area (Å²) in [7, 11) is -3.35. The first-order chi connectivity index (χ1) is 8.10. The lowest BCUT2D eigenvalue weighted by Crippen LogP contribution is -2.52. The average Bonchev–Trinajstić information content (AvgIpc) is 2.14. The molecular formula is C12H29ClN2O3S. The van der Waals surface area contributed by atoms with E-state index >= 15 is 0 Å². The molecule has 0 rings (SSSR count). The van der Waals surface area contributed by atoms with E-state index in [1.165, 1.54) is 0 Å². The molecule has 0 radical (unpaired) electrons. The monoisotopic (exact) mass is 316 g/mol. The third kappa shape index (κ3) is 10.6. The number of rotatable bonds is 9. The minimum absolute atomic E-state index is 0. The summed E-state index contributed by atoms with van der Waals surface area (Å²) < 4.78 is 31.8. The lowest BCUT2D eigenvalue weighted by atomic mass is 9.92. The third-order valence-electron chi connectivity index (χ3n) is 2.51. The van der Waals surface area contributed by atoms with Gasteiger partial charge in [-0.05, 0) is 33.1 Å². The molecule has 1 unspecified atom stereocenters. The standard InChI is InChI=1S/C12H28N2O3S.ClH/c1-10(2)8-12(5,9-13)14-18(15,16)7-6-17-11(3)4;/h10-11,14H,6-9,13H2,1-5H3;1H. The van der Waals surface area contributed by atoms with Crippen LogP contribution in [0.5, 0.6) is 0 Å². The molecule has 0 fully saturated rings. The Morgan fingerprint density at radius 3 is 2.16 bits per heavy atom. The van der Waals surface area contributed by atoms with Crippen LogP contribution in [0.15, 0.2) is 0 Å². The molecule has 0 aromatic carbocycles. The van der Waals surface area contributed by atoms with Crippen molar-refractivity contribution in [2.75, 3.05) is 18.9 Å². The van der Waals surface area contributed by atoms with Crippen LogP contribution in [-0.2, 0) is 14.8 Å². The van der Waals surface area contributed by atoms with Crippen LogP contribution in [0.3, 0.4) is 0 Å². The summed E-state index contributed by atoms with van der Waals surface area (Å²) in [5, 5.41) is 0. The Morgan fingerprint density at radius 1 is 1.26 bits per heavy atom. The normalized spacial score (nSPS) is 15.4. The molecule has 0 aromatic rings. The molecular weight excluding hydrogens is 288 g/mol. The van der Waals surface area contributed by atoms with Crippen LogP contribution in [0.25, 0.3) is 0 Å². The predicted octanol–water partition coefficient (Wildman–Crippen LogP) is 1.52. The molecule has 0 aliphatic carbocycles. The second kappa shape index (κ2) is 9.13. The molecule has 5 nitrogen and oxygen atoms in total. The summed E-state index contributed by atoms with van der Waals surface area (Å²) in [5.74, 6) is 0.354. The molecule has 0 aromatic heterocycles. The van der Waals surface area contributed by atoms with Crippen LogP contribution in [0.2, 0.25) is 0 Å². The van der Waals surface area contributed by atoms with E-state index in [0.29, 0.717) is 12.3 Å². The van der Waals surface area contributed by atoms with E-state index in [-0.39, 0.29) is 37.4 Å². The average molecular weight is 317 g/mol. The highest BCUT2D eigenvalue weighted by Gasteiger charge is 2.29. The van der Waals surface area contributed by atoms with Crippen LogP contribution in [0.4, 0.5) is 0 Å². The highest BCUT2D eigenvalue weighted by atomic mass is 35.5. The van der Waals surface area contributed by atoms with Crippen molar-refractivity contribution in [2.45, 2.75) is 52.7 Å². The van der Waals surface area contributed by atoms with Gasteiger partial charge in [-0.2, -0.15) is 0 Å². The molecule has 0 aliphatic rings. The topological polar surface area (TPSA) is 81.4 Å². The lowest BCUT2D eigenvalue weighted by molar-refractivity contribution is 0.0910. The fourth-order valence-corrected chi connectivity index (χ4v) is 3.22. The van der Waals surface area contributed by atoms with Crippen molar-refractivity contribution >= 4 is 22.4 Å². The van der Waals surface area contributed by atoms with Gasteiger partial charge < -0.3 is 10.5 Å². The zero-order valence-electron chi connectivity index (χ0n) is 12.6. The largest absolute Gasteiger partial charge is 0.378 e. The van der Waals surface area contributed by atoms with E-state index in [9.17, 15) is 8.42 Å². The van der Waals surface area contributed by atoms with Crippen molar-refractivity contribution in [2.24, 2.45) is 11.7 Å². The zero-order chi connectivity index (χ0) is 14.4. The van der Waals surface area contributed by atoms with Gasteiger partial charge >= 0.3 is 0 Å². The van der Waals surface area contributed by atoms with E-state index in [1.807, 2.05) is 34.6 Å². The van der Waals surface area contributed by atoms with Gasteiger partial charge in [-0.1, -0.05) is 13.8 Å². The molecule has 118 valence electrons. The highest BCUT2D eigenvalue weighted by molar-refractivity contribution is 7.89. The van der Waals surface area contributed by atoms with Gasteiger partial charge in [-0.15, -0.1) is 12.4 Å². The number of nitrogens with two attached hydrogens (primary N) is 1. The van der Waals surface area contributed by atoms with Gasteiger partial charge in [0.25, 0.3) is 0 Å². The number of ether oxygens (including phenoxy) is 1. The summed E-state index contributed by atoms with van der Waals surface area (Å²) in [6, 6.07) is 0. The Morgan fingerprint density at radius 2 is 1.79 bits per heavy atom. The van der Waals surface area contributed by atoms with E-state index in [0.717, 1.165) is 0 Å². The molecule has 0 aliphatic heterocycles. The van der Waals surface area contributed by atoms with Crippen LogP contribution >= 0.6 is 12.4 Å². The molecule has 0 bridgehead atoms. The Kier molecular flexibility index (Phi) is 10.3. The first-order valence-electron chi connectivity index (χ1n) is 6.43. The third-order valence-corrected chi connectivity index (χ3v) is 4.02. The summed E-state index contributed by atoms with van der Waals surface area (Å²) in [6.07, 6.45) is 0.755. The van der Waals surface area contributed by atoms with E-state index < -0.39 is 15.6 Å². The minimum atomic E-state index is -3.35. The maximum absolute atomic E-state index is 11.9. The van der Waals surface area contributed by atoms with Crippen molar-refractivity contribution in [1.29, 1.82) is 0 Å². The molecule has 0 heterocycles. The first kappa shape index (κ1) is 21.4. The van der Waals surface area contributed by atoms with Crippen LogP contribution in [-0.4, -0.2) is 39.0 Å². The second-order valence-electron chi connectivity index (χ2n) is 5.70. The number of sulfonamides is 1. The van der Waals surface area contributed by atoms with Gasteiger partial charge in [-0.25, -0.2) is 13.1 Å². The van der Waals surface area contributed by atoms with Gasteiger partial charge in [0.1, 0.15) is 0 Å². The van der Waals surface area contributed by atoms with Crippen molar-refractivity contribution in [3.63, 3.8) is 0 Å².